The summed E-state index contributed by atoms with van der Waals surface area (Å²) in [4.78, 5) is 49.3. The zero-order chi connectivity index (χ0) is 27.2. The molecule has 10 nitrogen and oxygen atoms in total. The van der Waals surface area contributed by atoms with Gasteiger partial charge in [-0.25, -0.2) is 9.89 Å². The van der Waals surface area contributed by atoms with Crippen LogP contribution in [0.1, 0.15) is 36.8 Å². The Balaban J connectivity index is 1.20. The molecule has 3 amide bonds. The fraction of sp³-hybridized carbons (Fsp3) is 0.393. The summed E-state index contributed by atoms with van der Waals surface area (Å²) in [5.74, 6) is 0.752. The standard InChI is InChI=1S/C28H31N5O5S/c1-37-23-11-5-2-7-18(23)15-29-24(34)13-12-22-27(36)33-26(31-22)20-9-3-4-10-21(20)32-28(33)39-17-25(35)30-16-19-8-6-14-38-19/h2-5,7,9-11,19,22H,6,8,12-17H2,1H3,(H,29,34)(H,30,35)/t19-,22-/m0/s1. The summed E-state index contributed by atoms with van der Waals surface area (Å²) >= 11 is 1.20. The average molecular weight is 550 g/mol. The van der Waals surface area contributed by atoms with E-state index < -0.39 is 6.04 Å². The highest BCUT2D eigenvalue weighted by Crippen LogP contribution is 2.34. The van der Waals surface area contributed by atoms with Crippen LogP contribution in [0.25, 0.3) is 0 Å². The van der Waals surface area contributed by atoms with Crippen LogP contribution in [0.2, 0.25) is 0 Å². The maximum Gasteiger partial charge on any atom is 0.259 e. The number of ether oxygens (including phenoxy) is 2. The normalized spacial score (nSPS) is 19.6. The first kappa shape index (κ1) is 26.9. The number of amides is 3. The third-order valence-corrected chi connectivity index (χ3v) is 7.68. The molecule has 5 rings (SSSR count). The van der Waals surface area contributed by atoms with Crippen LogP contribution in [0, 0.1) is 0 Å². The van der Waals surface area contributed by atoms with Crippen LogP contribution in [-0.4, -0.2) is 71.8 Å². The van der Waals surface area contributed by atoms with Crippen LogP contribution in [0.15, 0.2) is 58.5 Å². The number of methoxy groups -OCH3 is 1. The molecule has 2 N–H and O–H groups in total. The van der Waals surface area contributed by atoms with Crippen LogP contribution in [0.5, 0.6) is 5.75 Å². The molecule has 1 saturated heterocycles. The molecule has 0 bridgehead atoms. The Morgan fingerprint density at radius 3 is 2.77 bits per heavy atom. The molecule has 204 valence electrons. The van der Waals surface area contributed by atoms with Gasteiger partial charge >= 0.3 is 0 Å². The number of hydrogen-bond donors (Lipinski definition) is 2. The Bertz CT molecular complexity index is 1310. The molecule has 3 aliphatic heterocycles. The van der Waals surface area contributed by atoms with Crippen LogP contribution in [0.3, 0.4) is 0 Å². The van der Waals surface area contributed by atoms with E-state index in [1.54, 1.807) is 7.11 Å². The summed E-state index contributed by atoms with van der Waals surface area (Å²) < 4.78 is 10.9. The van der Waals surface area contributed by atoms with Gasteiger partial charge in [-0.05, 0) is 37.5 Å². The highest BCUT2D eigenvalue weighted by Gasteiger charge is 2.41. The molecular weight excluding hydrogens is 518 g/mol. The van der Waals surface area contributed by atoms with Gasteiger partial charge in [0.1, 0.15) is 17.6 Å². The van der Waals surface area contributed by atoms with E-state index in [0.717, 1.165) is 30.6 Å². The van der Waals surface area contributed by atoms with Gasteiger partial charge in [-0.3, -0.25) is 19.4 Å². The molecule has 2 aromatic carbocycles. The maximum atomic E-state index is 13.4. The third-order valence-electron chi connectivity index (χ3n) is 6.74. The van der Waals surface area contributed by atoms with E-state index in [4.69, 9.17) is 14.5 Å². The number of rotatable bonds is 10. The van der Waals surface area contributed by atoms with E-state index in [0.29, 0.717) is 35.5 Å². The highest BCUT2D eigenvalue weighted by molar-refractivity contribution is 8.14. The fourth-order valence-corrected chi connectivity index (χ4v) is 5.53. The quantitative estimate of drug-likeness (QED) is 0.470. The molecule has 0 aromatic heterocycles. The number of fused-ring (bicyclic) bond motifs is 3. The lowest BCUT2D eigenvalue weighted by molar-refractivity contribution is -0.125. The first-order valence-electron chi connectivity index (χ1n) is 13.0. The summed E-state index contributed by atoms with van der Waals surface area (Å²) in [6.45, 7) is 1.54. The van der Waals surface area contributed by atoms with E-state index in [-0.39, 0.29) is 42.4 Å². The molecule has 0 saturated carbocycles. The van der Waals surface area contributed by atoms with Crippen LogP contribution < -0.4 is 15.4 Å². The second kappa shape index (κ2) is 12.4. The second-order valence-electron chi connectivity index (χ2n) is 9.41. The summed E-state index contributed by atoms with van der Waals surface area (Å²) in [6, 6.07) is 14.3. The monoisotopic (exact) mass is 549 g/mol. The zero-order valence-electron chi connectivity index (χ0n) is 21.7. The van der Waals surface area contributed by atoms with E-state index in [1.807, 2.05) is 48.5 Å². The van der Waals surface area contributed by atoms with Crippen molar-refractivity contribution < 1.29 is 23.9 Å². The molecule has 1 fully saturated rings. The van der Waals surface area contributed by atoms with Crippen molar-refractivity contribution in [1.82, 2.24) is 15.5 Å². The van der Waals surface area contributed by atoms with Crippen LogP contribution in [0.4, 0.5) is 5.69 Å². The molecular formula is C28H31N5O5S. The number of amidine groups is 2. The summed E-state index contributed by atoms with van der Waals surface area (Å²) in [5, 5.41) is 6.20. The smallest absolute Gasteiger partial charge is 0.259 e. The van der Waals surface area contributed by atoms with Crippen molar-refractivity contribution in [3.05, 3.63) is 59.7 Å². The second-order valence-corrected chi connectivity index (χ2v) is 10.4. The van der Waals surface area contributed by atoms with Gasteiger partial charge in [-0.1, -0.05) is 42.1 Å². The molecule has 0 radical (unpaired) electrons. The van der Waals surface area contributed by atoms with E-state index >= 15 is 0 Å². The number of benzene rings is 2. The Hall–Kier alpha value is -3.70. The third kappa shape index (κ3) is 6.31. The number of nitrogens with zero attached hydrogens (tertiary/aromatic N) is 3. The number of hydrogen-bond acceptors (Lipinski definition) is 8. The lowest BCUT2D eigenvalue weighted by Gasteiger charge is -2.25. The van der Waals surface area contributed by atoms with E-state index in [9.17, 15) is 14.4 Å². The molecule has 0 spiro atoms. The van der Waals surface area contributed by atoms with Gasteiger partial charge in [0.2, 0.25) is 11.8 Å². The van der Waals surface area contributed by atoms with Crippen LogP contribution in [-0.2, 0) is 25.7 Å². The fourth-order valence-electron chi connectivity index (χ4n) is 4.70. The number of carbonyl (C=O) groups is 3. The number of thioether (sulfide) groups is 1. The number of nitrogens with one attached hydrogen (secondary N) is 2. The molecule has 0 unspecified atom stereocenters. The first-order valence-corrected chi connectivity index (χ1v) is 14.0. The van der Waals surface area contributed by atoms with Gasteiger partial charge in [0.05, 0.1) is 24.7 Å². The molecule has 2 aromatic rings. The Kier molecular flexibility index (Phi) is 8.58. The minimum Gasteiger partial charge on any atom is -0.496 e. The predicted molar refractivity (Wildman–Crippen MR) is 149 cm³/mol. The first-order chi connectivity index (χ1) is 19.0. The summed E-state index contributed by atoms with van der Waals surface area (Å²) in [6.07, 6.45) is 2.42. The average Bonchev–Trinajstić information content (AvgIpc) is 3.61. The summed E-state index contributed by atoms with van der Waals surface area (Å²) in [5.41, 5.74) is 2.32. The van der Waals surface area contributed by atoms with E-state index in [2.05, 4.69) is 15.6 Å². The molecule has 3 heterocycles. The van der Waals surface area contributed by atoms with Crippen molar-refractivity contribution in [2.75, 3.05) is 26.0 Å². The van der Waals surface area contributed by atoms with Crippen molar-refractivity contribution in [2.24, 2.45) is 9.98 Å². The van der Waals surface area contributed by atoms with Gasteiger partial charge < -0.3 is 20.1 Å². The Morgan fingerprint density at radius 1 is 1.13 bits per heavy atom. The van der Waals surface area contributed by atoms with Gasteiger partial charge in [0, 0.05) is 37.2 Å². The molecule has 39 heavy (non-hydrogen) atoms. The predicted octanol–water partition coefficient (Wildman–Crippen LogP) is 2.78. The molecule has 11 heteroatoms. The Morgan fingerprint density at radius 2 is 1.95 bits per heavy atom. The zero-order valence-corrected chi connectivity index (χ0v) is 22.5. The van der Waals surface area contributed by atoms with E-state index in [1.165, 1.54) is 16.7 Å². The topological polar surface area (TPSA) is 122 Å². The minimum absolute atomic E-state index is 0.0597. The van der Waals surface area contributed by atoms with Gasteiger partial charge in [-0.15, -0.1) is 0 Å². The largest absolute Gasteiger partial charge is 0.496 e. The van der Waals surface area contributed by atoms with Crippen LogP contribution >= 0.6 is 11.8 Å². The SMILES string of the molecule is COc1ccccc1CNC(=O)CC[C@@H]1N=C2c3ccccc3N=C(SCC(=O)NC[C@@H]3CCCO3)N2C1=O. The minimum atomic E-state index is -0.706. The lowest BCUT2D eigenvalue weighted by atomic mass is 10.1. The number of para-hydroxylation sites is 2. The molecule has 2 atom stereocenters. The number of aliphatic imine (C=N–C) groups is 2. The summed E-state index contributed by atoms with van der Waals surface area (Å²) in [7, 11) is 1.59. The van der Waals surface area contributed by atoms with Gasteiger partial charge in [-0.2, -0.15) is 0 Å². The number of carbonyl (C=O) groups excluding carboxylic acids is 3. The van der Waals surface area contributed by atoms with Gasteiger partial charge in [0.15, 0.2) is 5.17 Å². The van der Waals surface area contributed by atoms with Gasteiger partial charge in [0.25, 0.3) is 5.91 Å². The Labute approximate surface area is 231 Å². The highest BCUT2D eigenvalue weighted by atomic mass is 32.2. The van der Waals surface area contributed by atoms with Crippen molar-refractivity contribution in [3.63, 3.8) is 0 Å². The van der Waals surface area contributed by atoms with Crippen molar-refractivity contribution in [2.45, 2.75) is 44.4 Å². The van der Waals surface area contributed by atoms with Crippen molar-refractivity contribution >= 4 is 46.2 Å². The molecule has 0 aliphatic carbocycles. The molecule has 3 aliphatic rings. The lowest BCUT2D eigenvalue weighted by Crippen LogP contribution is -2.42. The maximum absolute atomic E-state index is 13.4. The van der Waals surface area contributed by atoms with Crippen molar-refractivity contribution in [3.8, 4) is 5.75 Å². The van der Waals surface area contributed by atoms with Crippen molar-refractivity contribution in [1.29, 1.82) is 0 Å².